The van der Waals surface area contributed by atoms with Crippen LogP contribution >= 0.6 is 23.7 Å². The molecule has 0 saturated carbocycles. The van der Waals surface area contributed by atoms with Crippen molar-refractivity contribution in [1.29, 1.82) is 0 Å². The quantitative estimate of drug-likeness (QED) is 0.818. The number of nitrogens with zero attached hydrogens (tertiary/aromatic N) is 1. The van der Waals surface area contributed by atoms with Crippen LogP contribution in [0.3, 0.4) is 0 Å². The molecule has 0 aliphatic carbocycles. The van der Waals surface area contributed by atoms with Gasteiger partial charge in [0.05, 0.1) is 12.2 Å². The highest BCUT2D eigenvalue weighted by Gasteiger charge is 2.29. The van der Waals surface area contributed by atoms with Crippen LogP contribution in [0.2, 0.25) is 0 Å². The number of fused-ring (bicyclic) bond motifs is 1. The first-order chi connectivity index (χ1) is 10.5. The van der Waals surface area contributed by atoms with Crippen molar-refractivity contribution in [3.63, 3.8) is 0 Å². The SMILES string of the molecule is CCOC(=O)c1c(NC(=O)C(C)C)sc2c1CCN(CC)C2.Cl. The Labute approximate surface area is 147 Å². The van der Waals surface area contributed by atoms with Crippen LogP contribution in [0.25, 0.3) is 0 Å². The highest BCUT2D eigenvalue weighted by molar-refractivity contribution is 7.17. The highest BCUT2D eigenvalue weighted by atomic mass is 35.5. The van der Waals surface area contributed by atoms with E-state index in [1.807, 2.05) is 13.8 Å². The lowest BCUT2D eigenvalue weighted by Gasteiger charge is -2.25. The summed E-state index contributed by atoms with van der Waals surface area (Å²) < 4.78 is 5.19. The van der Waals surface area contributed by atoms with Crippen molar-refractivity contribution in [3.8, 4) is 0 Å². The average Bonchev–Trinajstić information content (AvgIpc) is 2.83. The summed E-state index contributed by atoms with van der Waals surface area (Å²) in [7, 11) is 0. The number of carbonyl (C=O) groups is 2. The van der Waals surface area contributed by atoms with Gasteiger partial charge >= 0.3 is 5.97 Å². The zero-order chi connectivity index (χ0) is 16.3. The van der Waals surface area contributed by atoms with Crippen molar-refractivity contribution in [1.82, 2.24) is 4.90 Å². The van der Waals surface area contributed by atoms with Crippen LogP contribution < -0.4 is 5.32 Å². The van der Waals surface area contributed by atoms with E-state index < -0.39 is 0 Å². The number of hydrogen-bond donors (Lipinski definition) is 1. The molecule has 1 aliphatic heterocycles. The largest absolute Gasteiger partial charge is 0.462 e. The minimum atomic E-state index is -0.330. The standard InChI is InChI=1S/C16H24N2O3S.ClH/c1-5-18-8-7-11-12(9-18)22-15(17-14(19)10(3)4)13(11)16(20)21-6-2;/h10H,5-9H2,1-4H3,(H,17,19);1H. The molecule has 1 amide bonds. The Kier molecular flexibility index (Phi) is 7.51. The molecule has 0 saturated heterocycles. The zero-order valence-corrected chi connectivity index (χ0v) is 15.7. The van der Waals surface area contributed by atoms with Gasteiger partial charge in [-0.05, 0) is 25.5 Å². The Bertz CT molecular complexity index is 572. The summed E-state index contributed by atoms with van der Waals surface area (Å²) in [6.45, 7) is 10.7. The predicted octanol–water partition coefficient (Wildman–Crippen LogP) is 3.32. The Morgan fingerprint density at radius 3 is 2.61 bits per heavy atom. The van der Waals surface area contributed by atoms with E-state index in [1.54, 1.807) is 6.92 Å². The summed E-state index contributed by atoms with van der Waals surface area (Å²) >= 11 is 1.51. The van der Waals surface area contributed by atoms with E-state index in [4.69, 9.17) is 4.74 Å². The maximum absolute atomic E-state index is 12.3. The molecule has 1 aromatic rings. The number of halogens is 1. The van der Waals surface area contributed by atoms with Crippen molar-refractivity contribution in [2.75, 3.05) is 25.0 Å². The number of thiophene rings is 1. The maximum atomic E-state index is 12.3. The van der Waals surface area contributed by atoms with Crippen molar-refractivity contribution in [3.05, 3.63) is 16.0 Å². The molecule has 0 bridgehead atoms. The Balaban J connectivity index is 0.00000264. The monoisotopic (exact) mass is 360 g/mol. The lowest BCUT2D eigenvalue weighted by Crippen LogP contribution is -2.30. The van der Waals surface area contributed by atoms with Crippen LogP contribution in [0.1, 0.15) is 48.5 Å². The van der Waals surface area contributed by atoms with Gasteiger partial charge in [-0.3, -0.25) is 9.69 Å². The molecule has 0 atom stereocenters. The van der Waals surface area contributed by atoms with Gasteiger partial charge in [0.2, 0.25) is 5.91 Å². The lowest BCUT2D eigenvalue weighted by atomic mass is 10.0. The first-order valence-electron chi connectivity index (χ1n) is 7.82. The van der Waals surface area contributed by atoms with E-state index in [9.17, 15) is 9.59 Å². The molecule has 5 nitrogen and oxygen atoms in total. The smallest absolute Gasteiger partial charge is 0.341 e. The highest BCUT2D eigenvalue weighted by Crippen LogP contribution is 2.37. The molecule has 0 aromatic carbocycles. The molecule has 0 fully saturated rings. The van der Waals surface area contributed by atoms with Crippen LogP contribution in [-0.4, -0.2) is 36.5 Å². The van der Waals surface area contributed by atoms with Gasteiger partial charge in [-0.15, -0.1) is 23.7 Å². The van der Waals surface area contributed by atoms with Crippen LogP contribution in [-0.2, 0) is 22.5 Å². The molecule has 23 heavy (non-hydrogen) atoms. The number of esters is 1. The van der Waals surface area contributed by atoms with E-state index in [0.717, 1.165) is 36.5 Å². The number of hydrogen-bond acceptors (Lipinski definition) is 5. The van der Waals surface area contributed by atoms with Crippen LogP contribution in [0, 0.1) is 5.92 Å². The fraction of sp³-hybridized carbons (Fsp3) is 0.625. The van der Waals surface area contributed by atoms with Crippen molar-refractivity contribution in [2.45, 2.75) is 40.7 Å². The third kappa shape index (κ3) is 4.46. The van der Waals surface area contributed by atoms with Gasteiger partial charge in [-0.2, -0.15) is 0 Å². The normalized spacial score (nSPS) is 14.1. The molecule has 0 unspecified atom stereocenters. The van der Waals surface area contributed by atoms with Gasteiger partial charge in [0.1, 0.15) is 5.00 Å². The Hall–Kier alpha value is -1.11. The minimum Gasteiger partial charge on any atom is -0.462 e. The third-order valence-corrected chi connectivity index (χ3v) is 4.96. The van der Waals surface area contributed by atoms with Gasteiger partial charge in [-0.25, -0.2) is 4.79 Å². The number of carbonyl (C=O) groups excluding carboxylic acids is 2. The molecule has 1 aliphatic rings. The summed E-state index contributed by atoms with van der Waals surface area (Å²) in [4.78, 5) is 27.8. The third-order valence-electron chi connectivity index (χ3n) is 3.82. The summed E-state index contributed by atoms with van der Waals surface area (Å²) in [5, 5.41) is 3.54. The Morgan fingerprint density at radius 1 is 1.35 bits per heavy atom. The van der Waals surface area contributed by atoms with Crippen LogP contribution in [0.15, 0.2) is 0 Å². The first-order valence-corrected chi connectivity index (χ1v) is 8.64. The van der Waals surface area contributed by atoms with Gasteiger partial charge in [0.15, 0.2) is 0 Å². The fourth-order valence-corrected chi connectivity index (χ4v) is 3.77. The molecule has 2 rings (SSSR count). The Morgan fingerprint density at radius 2 is 2.04 bits per heavy atom. The average molecular weight is 361 g/mol. The van der Waals surface area contributed by atoms with Gasteiger partial charge in [0, 0.05) is 23.9 Å². The summed E-state index contributed by atoms with van der Waals surface area (Å²) in [5.41, 5.74) is 1.61. The second kappa shape index (κ2) is 8.66. The topological polar surface area (TPSA) is 58.6 Å². The lowest BCUT2D eigenvalue weighted by molar-refractivity contribution is -0.118. The van der Waals surface area contributed by atoms with Crippen LogP contribution in [0.4, 0.5) is 5.00 Å². The van der Waals surface area contributed by atoms with E-state index in [1.165, 1.54) is 11.3 Å². The number of amides is 1. The van der Waals surface area contributed by atoms with E-state index in [-0.39, 0.29) is 30.2 Å². The minimum absolute atomic E-state index is 0. The van der Waals surface area contributed by atoms with E-state index in [2.05, 4.69) is 17.1 Å². The number of rotatable bonds is 5. The second-order valence-corrected chi connectivity index (χ2v) is 6.80. The van der Waals surface area contributed by atoms with E-state index >= 15 is 0 Å². The molecule has 0 spiro atoms. The van der Waals surface area contributed by atoms with Gasteiger partial charge in [0.25, 0.3) is 0 Å². The van der Waals surface area contributed by atoms with Gasteiger partial charge in [-0.1, -0.05) is 20.8 Å². The summed E-state index contributed by atoms with van der Waals surface area (Å²) in [6, 6.07) is 0. The number of nitrogens with one attached hydrogen (secondary N) is 1. The molecular weight excluding hydrogens is 336 g/mol. The molecule has 1 N–H and O–H groups in total. The summed E-state index contributed by atoms with van der Waals surface area (Å²) in [6.07, 6.45) is 0.825. The second-order valence-electron chi connectivity index (χ2n) is 5.69. The molecular formula is C16H25ClN2O3S. The molecule has 2 heterocycles. The zero-order valence-electron chi connectivity index (χ0n) is 14.1. The molecule has 1 aromatic heterocycles. The molecule has 7 heteroatoms. The van der Waals surface area contributed by atoms with Crippen LogP contribution in [0.5, 0.6) is 0 Å². The molecule has 130 valence electrons. The van der Waals surface area contributed by atoms with Crippen molar-refractivity contribution < 1.29 is 14.3 Å². The fourth-order valence-electron chi connectivity index (χ4n) is 2.49. The number of likely N-dealkylation sites (N-methyl/N-ethyl adjacent to an activating group) is 1. The summed E-state index contributed by atoms with van der Waals surface area (Å²) in [5.74, 6) is -0.526. The van der Waals surface area contributed by atoms with Crippen molar-refractivity contribution >= 4 is 40.6 Å². The first kappa shape index (κ1) is 19.9. The number of ether oxygens (including phenoxy) is 1. The maximum Gasteiger partial charge on any atom is 0.341 e. The van der Waals surface area contributed by atoms with E-state index in [0.29, 0.717) is 17.2 Å². The van der Waals surface area contributed by atoms with Crippen molar-refractivity contribution in [2.24, 2.45) is 5.92 Å². The number of anilines is 1. The molecule has 0 radical (unpaired) electrons. The predicted molar refractivity (Wildman–Crippen MR) is 95.6 cm³/mol. The van der Waals surface area contributed by atoms with Gasteiger partial charge < -0.3 is 10.1 Å².